The number of thiocarbonyl (C=S) groups is 1. The Bertz CT molecular complexity index is 1210. The average molecular weight is 504 g/mol. The third kappa shape index (κ3) is 5.52. The number of pyridine rings is 1. The minimum Gasteiger partial charge on any atom is -0.356 e. The van der Waals surface area contributed by atoms with Gasteiger partial charge in [-0.25, -0.2) is 0 Å². The molecule has 2 aliphatic rings. The second-order valence-electron chi connectivity index (χ2n) is 9.34. The molecular formula is C28H29N3O2S2. The van der Waals surface area contributed by atoms with E-state index in [1.54, 1.807) is 6.07 Å². The van der Waals surface area contributed by atoms with E-state index < -0.39 is 0 Å². The Morgan fingerprint density at radius 3 is 2.31 bits per heavy atom. The molecule has 3 aromatic rings. The minimum absolute atomic E-state index is 0.0108. The fourth-order valence-corrected chi connectivity index (χ4v) is 6.34. The molecule has 0 aliphatic carbocycles. The molecule has 2 atom stereocenters. The monoisotopic (exact) mass is 503 g/mol. The third-order valence-electron chi connectivity index (χ3n) is 6.97. The maximum atomic E-state index is 12.7. The van der Waals surface area contributed by atoms with Crippen LogP contribution in [-0.4, -0.2) is 45.1 Å². The number of carbonyl (C=O) groups is 1. The fourth-order valence-electron chi connectivity index (χ4n) is 5.33. The van der Waals surface area contributed by atoms with Gasteiger partial charge in [-0.1, -0.05) is 90.7 Å². The summed E-state index contributed by atoms with van der Waals surface area (Å²) in [6.07, 6.45) is 1.09. The van der Waals surface area contributed by atoms with Gasteiger partial charge in [0.2, 0.25) is 5.91 Å². The van der Waals surface area contributed by atoms with Gasteiger partial charge in [-0.15, -0.1) is 0 Å². The summed E-state index contributed by atoms with van der Waals surface area (Å²) in [6.45, 7) is 2.93. The topological polar surface area (TPSA) is 54.3 Å². The number of fused-ring (bicyclic) bond motifs is 4. The lowest BCUT2D eigenvalue weighted by Crippen LogP contribution is -2.48. The maximum Gasteiger partial charge on any atom is 0.250 e. The van der Waals surface area contributed by atoms with Crippen molar-refractivity contribution < 1.29 is 4.79 Å². The molecule has 0 unspecified atom stereocenters. The predicted octanol–water partition coefficient (Wildman–Crippen LogP) is 4.23. The molecule has 7 heteroatoms. The first-order valence-electron chi connectivity index (χ1n) is 12.1. The number of nitrogens with one attached hydrogen (secondary N) is 1. The number of benzene rings is 2. The van der Waals surface area contributed by atoms with Crippen LogP contribution in [0.1, 0.15) is 35.1 Å². The van der Waals surface area contributed by atoms with E-state index in [1.165, 1.54) is 22.9 Å². The van der Waals surface area contributed by atoms with Gasteiger partial charge in [0, 0.05) is 49.8 Å². The fraction of sp³-hybridized carbons (Fsp3) is 0.321. The van der Waals surface area contributed by atoms with E-state index in [0.717, 1.165) is 36.1 Å². The quantitative estimate of drug-likeness (QED) is 0.510. The van der Waals surface area contributed by atoms with Crippen LogP contribution in [-0.2, 0) is 11.3 Å². The molecule has 2 bridgehead atoms. The SMILES string of the molecule is O=C(CSC(=S)N1C[C@@H]2C[C@H](C1)c1cccc(=O)n1C2)NCC(c1ccccc1)c1ccccc1. The van der Waals surface area contributed by atoms with Crippen molar-refractivity contribution >= 4 is 34.2 Å². The molecule has 5 rings (SSSR count). The largest absolute Gasteiger partial charge is 0.356 e. The number of likely N-dealkylation sites (tertiary alicyclic amines) is 1. The van der Waals surface area contributed by atoms with E-state index >= 15 is 0 Å². The van der Waals surface area contributed by atoms with E-state index in [4.69, 9.17) is 12.2 Å². The Morgan fingerprint density at radius 1 is 0.943 bits per heavy atom. The molecule has 1 fully saturated rings. The van der Waals surface area contributed by atoms with Gasteiger partial charge in [-0.2, -0.15) is 0 Å². The summed E-state index contributed by atoms with van der Waals surface area (Å²) in [5, 5.41) is 3.12. The predicted molar refractivity (Wildman–Crippen MR) is 146 cm³/mol. The zero-order chi connectivity index (χ0) is 24.2. The Morgan fingerprint density at radius 2 is 1.63 bits per heavy atom. The zero-order valence-electron chi connectivity index (χ0n) is 19.5. The second kappa shape index (κ2) is 10.8. The highest BCUT2D eigenvalue weighted by Crippen LogP contribution is 2.36. The summed E-state index contributed by atoms with van der Waals surface area (Å²) < 4.78 is 2.69. The van der Waals surface area contributed by atoms with Gasteiger partial charge >= 0.3 is 0 Å². The van der Waals surface area contributed by atoms with Crippen LogP contribution in [0.4, 0.5) is 0 Å². The normalized spacial score (nSPS) is 18.7. The summed E-state index contributed by atoms with van der Waals surface area (Å²) in [4.78, 5) is 27.2. The number of amides is 1. The Kier molecular flexibility index (Phi) is 7.35. The Labute approximate surface area is 215 Å². The first-order valence-corrected chi connectivity index (χ1v) is 13.5. The first kappa shape index (κ1) is 23.8. The molecule has 1 amide bonds. The number of hydrogen-bond donors (Lipinski definition) is 1. The van der Waals surface area contributed by atoms with Crippen LogP contribution in [0.25, 0.3) is 0 Å². The average Bonchev–Trinajstić information content (AvgIpc) is 2.89. The maximum absolute atomic E-state index is 12.7. The molecule has 0 radical (unpaired) electrons. The van der Waals surface area contributed by atoms with Gasteiger partial charge < -0.3 is 14.8 Å². The van der Waals surface area contributed by atoms with Gasteiger partial charge in [0.15, 0.2) is 0 Å². The van der Waals surface area contributed by atoms with Gasteiger partial charge in [0.05, 0.1) is 5.75 Å². The molecule has 0 spiro atoms. The van der Waals surface area contributed by atoms with Crippen LogP contribution in [0.2, 0.25) is 0 Å². The Hall–Kier alpha value is -2.90. The zero-order valence-corrected chi connectivity index (χ0v) is 21.1. The number of thioether (sulfide) groups is 1. The summed E-state index contributed by atoms with van der Waals surface area (Å²) in [5.74, 6) is 1.11. The van der Waals surface area contributed by atoms with Crippen molar-refractivity contribution in [3.63, 3.8) is 0 Å². The van der Waals surface area contributed by atoms with Crippen molar-refractivity contribution in [2.45, 2.75) is 24.8 Å². The number of rotatable bonds is 6. The van der Waals surface area contributed by atoms with Gasteiger partial charge in [0.25, 0.3) is 5.56 Å². The third-order valence-corrected chi connectivity index (χ3v) is 8.50. The van der Waals surface area contributed by atoms with Crippen molar-refractivity contribution in [2.24, 2.45) is 5.92 Å². The molecule has 5 nitrogen and oxygen atoms in total. The summed E-state index contributed by atoms with van der Waals surface area (Å²) in [5.41, 5.74) is 3.56. The molecule has 1 saturated heterocycles. The number of nitrogens with zero attached hydrogens (tertiary/aromatic N) is 2. The number of piperidine rings is 1. The standard InChI is InChI=1S/C28H29N3O2S2/c32-26(29-15-24(21-8-3-1-4-9-21)22-10-5-2-6-11-22)19-35-28(34)30-16-20-14-23(18-30)25-12-7-13-27(33)31(25)17-20/h1-13,20,23-24H,14-19H2,(H,29,32)/t20-,23+/m0/s1. The van der Waals surface area contributed by atoms with Crippen molar-refractivity contribution in [1.29, 1.82) is 0 Å². The molecule has 2 aromatic carbocycles. The molecule has 0 saturated carbocycles. The van der Waals surface area contributed by atoms with Gasteiger partial charge in [0.1, 0.15) is 4.32 Å². The molecule has 180 valence electrons. The molecule has 3 heterocycles. The van der Waals surface area contributed by atoms with Crippen LogP contribution >= 0.6 is 24.0 Å². The van der Waals surface area contributed by atoms with E-state index in [2.05, 4.69) is 40.5 Å². The smallest absolute Gasteiger partial charge is 0.250 e. The lowest BCUT2D eigenvalue weighted by Gasteiger charge is -2.43. The molecule has 1 aromatic heterocycles. The van der Waals surface area contributed by atoms with Crippen molar-refractivity contribution in [1.82, 2.24) is 14.8 Å². The number of aromatic nitrogens is 1. The van der Waals surface area contributed by atoms with E-state index in [0.29, 0.717) is 24.1 Å². The lowest BCUT2D eigenvalue weighted by atomic mass is 9.83. The van der Waals surface area contributed by atoms with Crippen LogP contribution in [0.5, 0.6) is 0 Å². The van der Waals surface area contributed by atoms with Crippen LogP contribution < -0.4 is 10.9 Å². The van der Waals surface area contributed by atoms with Crippen molar-refractivity contribution in [3.05, 3.63) is 106 Å². The molecule has 1 N–H and O–H groups in total. The van der Waals surface area contributed by atoms with Crippen molar-refractivity contribution in [2.75, 3.05) is 25.4 Å². The van der Waals surface area contributed by atoms with Crippen LogP contribution in [0.15, 0.2) is 83.7 Å². The van der Waals surface area contributed by atoms with Crippen LogP contribution in [0.3, 0.4) is 0 Å². The van der Waals surface area contributed by atoms with Crippen molar-refractivity contribution in [3.8, 4) is 0 Å². The highest BCUT2D eigenvalue weighted by molar-refractivity contribution is 8.23. The summed E-state index contributed by atoms with van der Waals surface area (Å²) in [7, 11) is 0. The van der Waals surface area contributed by atoms with Gasteiger partial charge in [-0.3, -0.25) is 9.59 Å². The Balaban J connectivity index is 1.16. The number of carbonyl (C=O) groups excluding carboxylic acids is 1. The second-order valence-corrected chi connectivity index (χ2v) is 10.9. The molecule has 2 aliphatic heterocycles. The molecular weight excluding hydrogens is 474 g/mol. The lowest BCUT2D eigenvalue weighted by molar-refractivity contribution is -0.118. The number of hydrogen-bond acceptors (Lipinski definition) is 4. The summed E-state index contributed by atoms with van der Waals surface area (Å²) >= 11 is 7.16. The van der Waals surface area contributed by atoms with E-state index in [-0.39, 0.29) is 17.4 Å². The molecule has 35 heavy (non-hydrogen) atoms. The summed E-state index contributed by atoms with van der Waals surface area (Å²) in [6, 6.07) is 26.1. The van der Waals surface area contributed by atoms with E-state index in [9.17, 15) is 9.59 Å². The van der Waals surface area contributed by atoms with Gasteiger partial charge in [-0.05, 0) is 29.5 Å². The minimum atomic E-state index is -0.0108. The highest BCUT2D eigenvalue weighted by Gasteiger charge is 2.35. The first-order chi connectivity index (χ1) is 17.1. The van der Waals surface area contributed by atoms with Crippen LogP contribution in [0, 0.1) is 5.92 Å². The van der Waals surface area contributed by atoms with E-state index in [1.807, 2.05) is 47.0 Å². The highest BCUT2D eigenvalue weighted by atomic mass is 32.2.